The molecule has 0 unspecified atom stereocenters. The predicted molar refractivity (Wildman–Crippen MR) is 145 cm³/mol. The zero-order valence-electron chi connectivity index (χ0n) is 21.9. The second kappa shape index (κ2) is 13.3. The molecule has 0 amide bonds. The van der Waals surface area contributed by atoms with Gasteiger partial charge < -0.3 is 14.9 Å². The fraction of sp³-hybridized carbons (Fsp3) is 0.500. The van der Waals surface area contributed by atoms with Gasteiger partial charge in [-0.05, 0) is 81.7 Å². The number of ether oxygens (including phenoxy) is 1. The van der Waals surface area contributed by atoms with Crippen LogP contribution in [0.4, 0.5) is 5.69 Å². The van der Waals surface area contributed by atoms with E-state index >= 15 is 0 Å². The first-order chi connectivity index (χ1) is 17.0. The van der Waals surface area contributed by atoms with Crippen LogP contribution >= 0.6 is 0 Å². The van der Waals surface area contributed by atoms with Gasteiger partial charge in [0.1, 0.15) is 23.7 Å². The number of carbonyl (C=O) groups excluding carboxylic acids is 1. The third-order valence-corrected chi connectivity index (χ3v) is 6.60. The van der Waals surface area contributed by atoms with Crippen molar-refractivity contribution in [3.63, 3.8) is 0 Å². The lowest BCUT2D eigenvalue weighted by atomic mass is 9.98. The van der Waals surface area contributed by atoms with Gasteiger partial charge in [-0.25, -0.2) is 0 Å². The maximum absolute atomic E-state index is 13.5. The van der Waals surface area contributed by atoms with Crippen LogP contribution in [-0.4, -0.2) is 36.4 Å². The van der Waals surface area contributed by atoms with Crippen LogP contribution in [-0.2, 0) is 6.42 Å². The van der Waals surface area contributed by atoms with Crippen molar-refractivity contribution >= 4 is 22.4 Å². The average Bonchev–Trinajstić information content (AvgIpc) is 3.23. The van der Waals surface area contributed by atoms with Crippen molar-refractivity contribution in [2.45, 2.75) is 78.7 Å². The van der Waals surface area contributed by atoms with Crippen LogP contribution in [0.15, 0.2) is 46.9 Å². The third-order valence-electron chi connectivity index (χ3n) is 6.60. The molecule has 5 heteroatoms. The van der Waals surface area contributed by atoms with E-state index in [0.717, 1.165) is 49.2 Å². The number of hydrogen-bond donors (Lipinski definition) is 1. The molecule has 3 aromatic rings. The molecule has 0 aliphatic carbocycles. The minimum absolute atomic E-state index is 0.0364. The zero-order chi connectivity index (χ0) is 25.2. The quantitative estimate of drug-likeness (QED) is 0.184. The Bertz CT molecular complexity index is 1060. The average molecular weight is 479 g/mol. The molecule has 0 aliphatic heterocycles. The molecule has 0 radical (unpaired) electrons. The maximum atomic E-state index is 13.5. The first-order valence-corrected chi connectivity index (χ1v) is 13.3. The number of anilines is 1. The highest BCUT2D eigenvalue weighted by molar-refractivity contribution is 6.17. The number of nitrogens with zero attached hydrogens (tertiary/aromatic N) is 1. The number of hydrogen-bond acceptors (Lipinski definition) is 5. The van der Waals surface area contributed by atoms with Crippen LogP contribution in [0.5, 0.6) is 5.75 Å². The highest BCUT2D eigenvalue weighted by Crippen LogP contribution is 2.31. The van der Waals surface area contributed by atoms with E-state index in [1.807, 2.05) is 42.5 Å². The predicted octanol–water partition coefficient (Wildman–Crippen LogP) is 7.26. The third kappa shape index (κ3) is 7.11. The number of ketones is 1. The van der Waals surface area contributed by atoms with E-state index in [-0.39, 0.29) is 5.78 Å². The van der Waals surface area contributed by atoms with Gasteiger partial charge in [0, 0.05) is 29.1 Å². The molecule has 2 aromatic carbocycles. The number of unbranched alkanes of at least 4 members (excludes halogenated alkanes) is 3. The second-order valence-corrected chi connectivity index (χ2v) is 9.52. The van der Waals surface area contributed by atoms with Gasteiger partial charge in [-0.15, -0.1) is 0 Å². The number of furan rings is 1. The monoisotopic (exact) mass is 478 g/mol. The molecule has 3 rings (SSSR count). The molecule has 0 fully saturated rings. The van der Waals surface area contributed by atoms with E-state index in [0.29, 0.717) is 35.0 Å². The van der Waals surface area contributed by atoms with Crippen LogP contribution < -0.4 is 10.5 Å². The standard InChI is InChI=1S/C30H42N2O3/c1-5-8-11-28-29(26-20-24(31)14-17-27(26)35-28)30(33)23-12-15-25(16-13-23)34-21-22(4)32(18-9-6-2)19-10-7-3/h12-17,20,22H,5-11,18-19,21,31H2,1-4H3/t22-/m1/s1. The van der Waals surface area contributed by atoms with Crippen molar-refractivity contribution in [2.75, 3.05) is 25.4 Å². The fourth-order valence-electron chi connectivity index (χ4n) is 4.37. The van der Waals surface area contributed by atoms with Gasteiger partial charge in [-0.3, -0.25) is 9.69 Å². The summed E-state index contributed by atoms with van der Waals surface area (Å²) in [6.07, 6.45) is 7.55. The van der Waals surface area contributed by atoms with Crippen LogP contribution in [0.2, 0.25) is 0 Å². The Labute approximate surface area is 210 Å². The summed E-state index contributed by atoms with van der Waals surface area (Å²) in [5.41, 5.74) is 8.61. The highest BCUT2D eigenvalue weighted by Gasteiger charge is 2.22. The van der Waals surface area contributed by atoms with E-state index in [9.17, 15) is 4.79 Å². The van der Waals surface area contributed by atoms with Crippen LogP contribution in [0.1, 0.15) is 87.9 Å². The Balaban J connectivity index is 1.72. The molecule has 190 valence electrons. The number of aryl methyl sites for hydroxylation is 1. The zero-order valence-corrected chi connectivity index (χ0v) is 21.9. The number of nitrogens with two attached hydrogens (primary N) is 1. The first kappa shape index (κ1) is 26.8. The van der Waals surface area contributed by atoms with Crippen molar-refractivity contribution < 1.29 is 13.9 Å². The second-order valence-electron chi connectivity index (χ2n) is 9.52. The van der Waals surface area contributed by atoms with Gasteiger partial charge in [0.15, 0.2) is 5.78 Å². The summed E-state index contributed by atoms with van der Waals surface area (Å²) >= 11 is 0. The molecule has 0 aliphatic rings. The molecule has 1 aromatic heterocycles. The Morgan fingerprint density at radius 1 is 0.971 bits per heavy atom. The summed E-state index contributed by atoms with van der Waals surface area (Å²) in [5.74, 6) is 1.49. The molecule has 0 saturated heterocycles. The normalized spacial score (nSPS) is 12.4. The van der Waals surface area contributed by atoms with E-state index in [4.69, 9.17) is 14.9 Å². The topological polar surface area (TPSA) is 68.7 Å². The number of fused-ring (bicyclic) bond motifs is 1. The molecular formula is C30H42N2O3. The summed E-state index contributed by atoms with van der Waals surface area (Å²) in [4.78, 5) is 16.1. The molecule has 5 nitrogen and oxygen atoms in total. The molecule has 0 bridgehead atoms. The Morgan fingerprint density at radius 3 is 2.26 bits per heavy atom. The minimum Gasteiger partial charge on any atom is -0.492 e. The van der Waals surface area contributed by atoms with Gasteiger partial charge in [-0.2, -0.15) is 0 Å². The number of benzene rings is 2. The van der Waals surface area contributed by atoms with Gasteiger partial charge >= 0.3 is 0 Å². The van der Waals surface area contributed by atoms with Crippen molar-refractivity contribution in [1.82, 2.24) is 4.90 Å². The summed E-state index contributed by atoms with van der Waals surface area (Å²) in [6.45, 7) is 11.7. The summed E-state index contributed by atoms with van der Waals surface area (Å²) < 4.78 is 12.2. The smallest absolute Gasteiger partial charge is 0.197 e. The summed E-state index contributed by atoms with van der Waals surface area (Å²) in [6, 6.07) is 13.3. The van der Waals surface area contributed by atoms with Gasteiger partial charge in [0.2, 0.25) is 0 Å². The van der Waals surface area contributed by atoms with Crippen molar-refractivity contribution in [2.24, 2.45) is 0 Å². The molecule has 1 atom stereocenters. The highest BCUT2D eigenvalue weighted by atomic mass is 16.5. The van der Waals surface area contributed by atoms with Crippen molar-refractivity contribution in [3.8, 4) is 5.75 Å². The van der Waals surface area contributed by atoms with Gasteiger partial charge in [0.25, 0.3) is 0 Å². The lowest BCUT2D eigenvalue weighted by molar-refractivity contribution is 0.103. The lowest BCUT2D eigenvalue weighted by Crippen LogP contribution is -2.38. The van der Waals surface area contributed by atoms with E-state index < -0.39 is 0 Å². The molecule has 2 N–H and O–H groups in total. The van der Waals surface area contributed by atoms with Crippen LogP contribution in [0.3, 0.4) is 0 Å². The van der Waals surface area contributed by atoms with E-state index in [2.05, 4.69) is 32.6 Å². The Morgan fingerprint density at radius 2 is 1.63 bits per heavy atom. The molecule has 0 spiro atoms. The SMILES string of the molecule is CCCCc1oc2ccc(N)cc2c1C(=O)c1ccc(OC[C@@H](C)N(CCCC)CCCC)cc1. The largest absolute Gasteiger partial charge is 0.492 e. The summed E-state index contributed by atoms with van der Waals surface area (Å²) in [5, 5.41) is 0.787. The van der Waals surface area contributed by atoms with Crippen LogP contribution in [0.25, 0.3) is 11.0 Å². The number of carbonyl (C=O) groups is 1. The first-order valence-electron chi connectivity index (χ1n) is 13.3. The molecular weight excluding hydrogens is 436 g/mol. The Hall–Kier alpha value is -2.79. The number of nitrogen functional groups attached to an aromatic ring is 1. The van der Waals surface area contributed by atoms with Gasteiger partial charge in [0.05, 0.1) is 5.56 Å². The maximum Gasteiger partial charge on any atom is 0.197 e. The number of rotatable bonds is 15. The van der Waals surface area contributed by atoms with Crippen molar-refractivity contribution in [3.05, 3.63) is 59.4 Å². The minimum atomic E-state index is -0.0364. The van der Waals surface area contributed by atoms with Crippen LogP contribution in [0, 0.1) is 0 Å². The lowest BCUT2D eigenvalue weighted by Gasteiger charge is -2.29. The molecule has 0 saturated carbocycles. The molecule has 1 heterocycles. The molecule has 35 heavy (non-hydrogen) atoms. The Kier molecular flexibility index (Phi) is 10.2. The fourth-order valence-corrected chi connectivity index (χ4v) is 4.37. The van der Waals surface area contributed by atoms with E-state index in [1.165, 1.54) is 25.7 Å². The summed E-state index contributed by atoms with van der Waals surface area (Å²) in [7, 11) is 0. The van der Waals surface area contributed by atoms with Gasteiger partial charge in [-0.1, -0.05) is 40.0 Å². The van der Waals surface area contributed by atoms with E-state index in [1.54, 1.807) is 0 Å². The van der Waals surface area contributed by atoms with Crippen molar-refractivity contribution in [1.29, 1.82) is 0 Å².